The highest BCUT2D eigenvalue weighted by Gasteiger charge is 2.14. The molecule has 2 aromatic rings. The number of carbonyl (C=O) groups excluding carboxylic acids is 1. The first-order valence-electron chi connectivity index (χ1n) is 6.02. The fourth-order valence-corrected chi connectivity index (χ4v) is 1.93. The standard InChI is InChI=1S/C13H14N4O3/c14-13(18)15-7-6-10-8-12(16(9-10)17(19)20)11-4-2-1-3-5-11/h1-5,8-9H,6-7H2,(H3,14,15,18). The molecule has 1 aromatic carbocycles. The molecule has 0 aliphatic carbocycles. The van der Waals surface area contributed by atoms with E-state index in [0.717, 1.165) is 15.8 Å². The molecule has 0 atom stereocenters. The van der Waals surface area contributed by atoms with Gasteiger partial charge in [0.05, 0.1) is 6.20 Å². The summed E-state index contributed by atoms with van der Waals surface area (Å²) < 4.78 is 0.981. The highest BCUT2D eigenvalue weighted by Crippen LogP contribution is 2.22. The van der Waals surface area contributed by atoms with Crippen LogP contribution in [0.2, 0.25) is 0 Å². The van der Waals surface area contributed by atoms with Gasteiger partial charge in [-0.15, -0.1) is 0 Å². The van der Waals surface area contributed by atoms with E-state index in [0.29, 0.717) is 18.7 Å². The minimum Gasteiger partial charge on any atom is -0.352 e. The smallest absolute Gasteiger partial charge is 0.312 e. The largest absolute Gasteiger partial charge is 0.352 e. The lowest BCUT2D eigenvalue weighted by atomic mass is 10.1. The molecule has 0 fully saturated rings. The van der Waals surface area contributed by atoms with Crippen LogP contribution in [0.5, 0.6) is 0 Å². The van der Waals surface area contributed by atoms with Crippen molar-refractivity contribution in [2.45, 2.75) is 6.42 Å². The molecule has 2 rings (SSSR count). The lowest BCUT2D eigenvalue weighted by Crippen LogP contribution is -2.30. The van der Waals surface area contributed by atoms with E-state index in [4.69, 9.17) is 5.73 Å². The van der Waals surface area contributed by atoms with Gasteiger partial charge in [0.25, 0.3) is 0 Å². The Morgan fingerprint density at radius 2 is 2.05 bits per heavy atom. The number of amides is 2. The Morgan fingerprint density at radius 1 is 1.35 bits per heavy atom. The molecule has 7 heteroatoms. The van der Waals surface area contributed by atoms with Crippen LogP contribution in [-0.4, -0.2) is 22.3 Å². The molecule has 2 amide bonds. The number of rotatable bonds is 5. The molecule has 3 N–H and O–H groups in total. The van der Waals surface area contributed by atoms with E-state index in [1.54, 1.807) is 18.2 Å². The van der Waals surface area contributed by atoms with E-state index in [1.807, 2.05) is 18.2 Å². The minimum absolute atomic E-state index is 0.339. The van der Waals surface area contributed by atoms with Gasteiger partial charge in [-0.3, -0.25) is 0 Å². The van der Waals surface area contributed by atoms with E-state index in [9.17, 15) is 14.9 Å². The van der Waals surface area contributed by atoms with Crippen LogP contribution in [0, 0.1) is 10.1 Å². The van der Waals surface area contributed by atoms with Crippen LogP contribution >= 0.6 is 0 Å². The van der Waals surface area contributed by atoms with Crippen LogP contribution < -0.4 is 11.1 Å². The van der Waals surface area contributed by atoms with Gasteiger partial charge in [0, 0.05) is 12.1 Å². The summed E-state index contributed by atoms with van der Waals surface area (Å²) in [6, 6.07) is 10.2. The van der Waals surface area contributed by atoms with Gasteiger partial charge in [-0.2, -0.15) is 0 Å². The van der Waals surface area contributed by atoms with Crippen LogP contribution in [0.1, 0.15) is 5.56 Å². The third-order valence-electron chi connectivity index (χ3n) is 2.82. The Labute approximate surface area is 115 Å². The van der Waals surface area contributed by atoms with E-state index < -0.39 is 11.1 Å². The molecule has 0 unspecified atom stereocenters. The first-order valence-corrected chi connectivity index (χ1v) is 6.02. The quantitative estimate of drug-likeness (QED) is 0.636. The third kappa shape index (κ3) is 3.14. The Bertz CT molecular complexity index is 622. The van der Waals surface area contributed by atoms with Gasteiger partial charge in [-0.05, 0) is 18.1 Å². The third-order valence-corrected chi connectivity index (χ3v) is 2.82. The number of nitro groups is 1. The zero-order valence-electron chi connectivity index (χ0n) is 10.7. The number of benzene rings is 1. The molecule has 0 radical (unpaired) electrons. The fourth-order valence-electron chi connectivity index (χ4n) is 1.93. The van der Waals surface area contributed by atoms with Gasteiger partial charge < -0.3 is 11.1 Å². The second-order valence-electron chi connectivity index (χ2n) is 4.22. The zero-order valence-corrected chi connectivity index (χ0v) is 10.7. The second-order valence-corrected chi connectivity index (χ2v) is 4.22. The van der Waals surface area contributed by atoms with Crippen molar-refractivity contribution >= 4 is 6.03 Å². The molecular weight excluding hydrogens is 260 g/mol. The number of carbonyl (C=O) groups is 1. The van der Waals surface area contributed by atoms with Crippen LogP contribution in [0.4, 0.5) is 4.79 Å². The molecule has 7 nitrogen and oxygen atoms in total. The summed E-state index contributed by atoms with van der Waals surface area (Å²) in [5, 5.41) is 13.0. The first-order chi connectivity index (χ1) is 9.58. The van der Waals surface area contributed by atoms with Crippen molar-refractivity contribution in [3.8, 4) is 11.3 Å². The van der Waals surface area contributed by atoms with E-state index in [2.05, 4.69) is 5.32 Å². The number of urea groups is 1. The summed E-state index contributed by atoms with van der Waals surface area (Å²) in [6.45, 7) is 0.339. The lowest BCUT2D eigenvalue weighted by molar-refractivity contribution is -0.540. The van der Waals surface area contributed by atoms with Crippen molar-refractivity contribution in [2.24, 2.45) is 5.73 Å². The monoisotopic (exact) mass is 274 g/mol. The Morgan fingerprint density at radius 3 is 2.65 bits per heavy atom. The highest BCUT2D eigenvalue weighted by molar-refractivity contribution is 5.71. The van der Waals surface area contributed by atoms with Crippen molar-refractivity contribution in [1.29, 1.82) is 0 Å². The second kappa shape index (κ2) is 5.87. The normalized spacial score (nSPS) is 10.2. The number of hydrogen-bond acceptors (Lipinski definition) is 3. The molecule has 1 aromatic heterocycles. The Balaban J connectivity index is 2.25. The average Bonchev–Trinajstić information content (AvgIpc) is 2.84. The number of primary amides is 1. The van der Waals surface area contributed by atoms with E-state index in [-0.39, 0.29) is 0 Å². The predicted octanol–water partition coefficient (Wildman–Crippen LogP) is 1.41. The molecule has 1 heterocycles. The summed E-state index contributed by atoms with van der Waals surface area (Å²) in [5.41, 5.74) is 6.99. The first kappa shape index (κ1) is 13.6. The number of nitrogens with one attached hydrogen (secondary N) is 1. The highest BCUT2D eigenvalue weighted by atomic mass is 16.7. The molecular formula is C13H14N4O3. The van der Waals surface area contributed by atoms with Crippen molar-refractivity contribution in [3.05, 3.63) is 58.3 Å². The number of nitrogens with zero attached hydrogens (tertiary/aromatic N) is 2. The van der Waals surface area contributed by atoms with Gasteiger partial charge in [0.2, 0.25) is 0 Å². The van der Waals surface area contributed by atoms with E-state index in [1.165, 1.54) is 6.20 Å². The van der Waals surface area contributed by atoms with Crippen molar-refractivity contribution in [2.75, 3.05) is 6.54 Å². The number of nitrogens with two attached hydrogens (primary N) is 1. The summed E-state index contributed by atoms with van der Waals surface area (Å²) in [7, 11) is 0. The van der Waals surface area contributed by atoms with Crippen LogP contribution in [0.15, 0.2) is 42.6 Å². The molecule has 0 bridgehead atoms. The maximum absolute atomic E-state index is 11.1. The lowest BCUT2D eigenvalue weighted by Gasteiger charge is -1.99. The van der Waals surface area contributed by atoms with Crippen LogP contribution in [-0.2, 0) is 6.42 Å². The van der Waals surface area contributed by atoms with Gasteiger partial charge >= 0.3 is 6.03 Å². The van der Waals surface area contributed by atoms with Gasteiger partial charge in [0.1, 0.15) is 5.69 Å². The molecule has 0 spiro atoms. The summed E-state index contributed by atoms with van der Waals surface area (Å²) in [5.74, 6) is 0. The van der Waals surface area contributed by atoms with Crippen LogP contribution in [0.3, 0.4) is 0 Å². The van der Waals surface area contributed by atoms with Gasteiger partial charge in [-0.1, -0.05) is 35.0 Å². The number of hydrogen-bond donors (Lipinski definition) is 2. The molecule has 0 saturated carbocycles. The van der Waals surface area contributed by atoms with Crippen molar-refractivity contribution in [1.82, 2.24) is 9.99 Å². The van der Waals surface area contributed by atoms with E-state index >= 15 is 0 Å². The molecule has 104 valence electrons. The van der Waals surface area contributed by atoms with Crippen molar-refractivity contribution in [3.63, 3.8) is 0 Å². The topological polar surface area (TPSA) is 103 Å². The van der Waals surface area contributed by atoms with Crippen LogP contribution in [0.25, 0.3) is 11.3 Å². The molecule has 0 aliphatic heterocycles. The molecule has 0 saturated heterocycles. The summed E-state index contributed by atoms with van der Waals surface area (Å²) in [4.78, 5) is 21.7. The maximum Gasteiger partial charge on any atom is 0.312 e. The zero-order chi connectivity index (χ0) is 14.5. The SMILES string of the molecule is NC(=O)NCCc1cc(-c2ccccc2)n([N+](=O)[O-])c1. The minimum atomic E-state index is -0.609. The molecule has 20 heavy (non-hydrogen) atoms. The Kier molecular flexibility index (Phi) is 3.99. The van der Waals surface area contributed by atoms with Gasteiger partial charge in [0.15, 0.2) is 5.03 Å². The average molecular weight is 274 g/mol. The summed E-state index contributed by atoms with van der Waals surface area (Å²) >= 11 is 0. The fraction of sp³-hybridized carbons (Fsp3) is 0.154. The van der Waals surface area contributed by atoms with Crippen molar-refractivity contribution < 1.29 is 9.83 Å². The molecule has 0 aliphatic rings. The predicted molar refractivity (Wildman–Crippen MR) is 73.6 cm³/mol. The number of aromatic nitrogens is 1. The maximum atomic E-state index is 11.1. The summed E-state index contributed by atoms with van der Waals surface area (Å²) in [6.07, 6.45) is 1.93. The van der Waals surface area contributed by atoms with Gasteiger partial charge in [-0.25, -0.2) is 14.9 Å². The Hall–Kier alpha value is -2.83.